The fourth-order valence-corrected chi connectivity index (χ4v) is 2.79. The Morgan fingerprint density at radius 2 is 1.90 bits per heavy atom. The molecule has 5 N–H and O–H groups in total. The molecule has 2 rings (SSSR count). The average Bonchev–Trinajstić information content (AvgIpc) is 2.46. The van der Waals surface area contributed by atoms with E-state index in [0.29, 0.717) is 10.6 Å². The van der Waals surface area contributed by atoms with Gasteiger partial charge < -0.3 is 5.73 Å². The van der Waals surface area contributed by atoms with Crippen molar-refractivity contribution in [2.24, 2.45) is 5.84 Å². The van der Waals surface area contributed by atoms with E-state index in [2.05, 4.69) is 5.43 Å². The number of hydrogen-bond donors (Lipinski definition) is 3. The Labute approximate surface area is 120 Å². The average molecular weight is 291 g/mol. The maximum Gasteiger partial charge on any atom is 0.251 e. The number of nitrogen functional groups attached to an aromatic ring is 1. The SMILES string of the molecule is NNC(=O)C(Sc1ccc(F)cc1N)c1ccccc1. The second-order valence-electron chi connectivity index (χ2n) is 4.10. The van der Waals surface area contributed by atoms with Crippen molar-refractivity contribution in [3.8, 4) is 0 Å². The Balaban J connectivity index is 2.31. The topological polar surface area (TPSA) is 81.1 Å². The molecule has 1 unspecified atom stereocenters. The number of rotatable bonds is 4. The van der Waals surface area contributed by atoms with Gasteiger partial charge in [-0.05, 0) is 23.8 Å². The molecule has 0 aliphatic rings. The number of amides is 1. The van der Waals surface area contributed by atoms with Gasteiger partial charge in [0, 0.05) is 10.6 Å². The smallest absolute Gasteiger partial charge is 0.251 e. The minimum atomic E-state index is -0.547. The monoisotopic (exact) mass is 291 g/mol. The number of benzene rings is 2. The number of thioether (sulfide) groups is 1. The van der Waals surface area contributed by atoms with Crippen LogP contribution in [0.3, 0.4) is 0 Å². The van der Waals surface area contributed by atoms with Crippen molar-refractivity contribution >= 4 is 23.4 Å². The van der Waals surface area contributed by atoms with Crippen LogP contribution in [0.5, 0.6) is 0 Å². The summed E-state index contributed by atoms with van der Waals surface area (Å²) in [5.74, 6) is 4.47. The van der Waals surface area contributed by atoms with Gasteiger partial charge in [0.15, 0.2) is 0 Å². The molecule has 0 fully saturated rings. The summed E-state index contributed by atoms with van der Waals surface area (Å²) in [4.78, 5) is 12.6. The molecule has 6 heteroatoms. The number of hydrazine groups is 1. The van der Waals surface area contributed by atoms with E-state index < -0.39 is 11.1 Å². The lowest BCUT2D eigenvalue weighted by Gasteiger charge is -2.16. The predicted octanol–water partition coefficient (Wildman–Crippen LogP) is 2.23. The molecular weight excluding hydrogens is 277 g/mol. The van der Waals surface area contributed by atoms with Gasteiger partial charge in [0.25, 0.3) is 5.91 Å². The minimum absolute atomic E-state index is 0.292. The maximum atomic E-state index is 13.0. The fraction of sp³-hybridized carbons (Fsp3) is 0.0714. The van der Waals surface area contributed by atoms with E-state index in [1.807, 2.05) is 30.3 Å². The van der Waals surface area contributed by atoms with E-state index in [9.17, 15) is 9.18 Å². The van der Waals surface area contributed by atoms with Gasteiger partial charge >= 0.3 is 0 Å². The quantitative estimate of drug-likeness (QED) is 0.265. The Morgan fingerprint density at radius 3 is 2.50 bits per heavy atom. The van der Waals surface area contributed by atoms with Crippen molar-refractivity contribution in [3.63, 3.8) is 0 Å². The summed E-state index contributed by atoms with van der Waals surface area (Å²) in [6.45, 7) is 0. The Morgan fingerprint density at radius 1 is 1.20 bits per heavy atom. The lowest BCUT2D eigenvalue weighted by atomic mass is 10.1. The number of nitrogens with one attached hydrogen (secondary N) is 1. The van der Waals surface area contributed by atoms with Crippen LogP contribution in [0, 0.1) is 5.82 Å². The highest BCUT2D eigenvalue weighted by Gasteiger charge is 2.22. The van der Waals surface area contributed by atoms with Gasteiger partial charge in [0.05, 0.1) is 0 Å². The second kappa shape index (κ2) is 6.40. The number of hydrogen-bond acceptors (Lipinski definition) is 4. The number of carbonyl (C=O) groups is 1. The first-order chi connectivity index (χ1) is 9.61. The third-order valence-corrected chi connectivity index (χ3v) is 4.05. The van der Waals surface area contributed by atoms with Gasteiger partial charge in [0.1, 0.15) is 11.1 Å². The maximum absolute atomic E-state index is 13.0. The highest BCUT2D eigenvalue weighted by atomic mass is 32.2. The molecule has 1 atom stereocenters. The van der Waals surface area contributed by atoms with Gasteiger partial charge in [-0.3, -0.25) is 10.2 Å². The van der Waals surface area contributed by atoms with Crippen LogP contribution in [0.4, 0.5) is 10.1 Å². The zero-order valence-electron chi connectivity index (χ0n) is 10.5. The molecule has 104 valence electrons. The molecule has 0 heterocycles. The molecule has 0 radical (unpaired) electrons. The molecule has 4 nitrogen and oxygen atoms in total. The van der Waals surface area contributed by atoms with Crippen LogP contribution in [-0.2, 0) is 4.79 Å². The van der Waals surface area contributed by atoms with E-state index in [-0.39, 0.29) is 5.91 Å². The number of carbonyl (C=O) groups excluding carboxylic acids is 1. The standard InChI is InChI=1S/C14H14FN3OS/c15-10-6-7-12(11(16)8-10)20-13(14(19)18-17)9-4-2-1-3-5-9/h1-8,13H,16-17H2,(H,18,19). The van der Waals surface area contributed by atoms with Gasteiger partial charge in [-0.25, -0.2) is 10.2 Å². The third-order valence-electron chi connectivity index (χ3n) is 2.70. The Hall–Kier alpha value is -2.05. The first-order valence-electron chi connectivity index (χ1n) is 5.89. The fourth-order valence-electron chi connectivity index (χ4n) is 1.73. The summed E-state index contributed by atoms with van der Waals surface area (Å²) in [6.07, 6.45) is 0. The van der Waals surface area contributed by atoms with Gasteiger partial charge in [-0.1, -0.05) is 30.3 Å². The zero-order chi connectivity index (χ0) is 14.5. The highest BCUT2D eigenvalue weighted by Crippen LogP contribution is 2.38. The second-order valence-corrected chi connectivity index (χ2v) is 5.25. The molecule has 0 aliphatic heterocycles. The summed E-state index contributed by atoms with van der Waals surface area (Å²) in [5, 5.41) is -0.547. The normalized spacial score (nSPS) is 11.9. The molecule has 0 aromatic heterocycles. The van der Waals surface area contributed by atoms with Crippen LogP contribution in [0.2, 0.25) is 0 Å². The van der Waals surface area contributed by atoms with E-state index in [1.165, 1.54) is 23.9 Å². The molecule has 20 heavy (non-hydrogen) atoms. The first-order valence-corrected chi connectivity index (χ1v) is 6.77. The van der Waals surface area contributed by atoms with Crippen LogP contribution < -0.4 is 17.0 Å². The molecule has 0 spiro atoms. The molecule has 0 bridgehead atoms. The summed E-state index contributed by atoms with van der Waals surface area (Å²) in [6, 6.07) is 13.3. The van der Waals surface area contributed by atoms with Crippen LogP contribution in [-0.4, -0.2) is 5.91 Å². The largest absolute Gasteiger partial charge is 0.398 e. The van der Waals surface area contributed by atoms with Gasteiger partial charge in [-0.15, -0.1) is 11.8 Å². The van der Waals surface area contributed by atoms with E-state index >= 15 is 0 Å². The zero-order valence-corrected chi connectivity index (χ0v) is 11.4. The molecule has 2 aromatic carbocycles. The van der Waals surface area contributed by atoms with Crippen molar-refractivity contribution in [2.45, 2.75) is 10.1 Å². The Bertz CT molecular complexity index is 607. The number of anilines is 1. The van der Waals surface area contributed by atoms with E-state index in [0.717, 1.165) is 5.56 Å². The number of halogens is 1. The highest BCUT2D eigenvalue weighted by molar-refractivity contribution is 8.00. The molecular formula is C14H14FN3OS. The van der Waals surface area contributed by atoms with Gasteiger partial charge in [0.2, 0.25) is 0 Å². The number of nitrogens with two attached hydrogens (primary N) is 2. The van der Waals surface area contributed by atoms with Crippen molar-refractivity contribution in [2.75, 3.05) is 5.73 Å². The van der Waals surface area contributed by atoms with E-state index in [4.69, 9.17) is 11.6 Å². The van der Waals surface area contributed by atoms with Crippen molar-refractivity contribution < 1.29 is 9.18 Å². The van der Waals surface area contributed by atoms with Crippen LogP contribution in [0.25, 0.3) is 0 Å². The molecule has 2 aromatic rings. The Kier molecular flexibility index (Phi) is 4.60. The lowest BCUT2D eigenvalue weighted by Crippen LogP contribution is -2.33. The summed E-state index contributed by atoms with van der Waals surface area (Å²) in [7, 11) is 0. The summed E-state index contributed by atoms with van der Waals surface area (Å²) < 4.78 is 13.0. The van der Waals surface area contributed by atoms with Crippen LogP contribution >= 0.6 is 11.8 Å². The molecule has 1 amide bonds. The summed E-state index contributed by atoms with van der Waals surface area (Å²) >= 11 is 1.23. The summed E-state index contributed by atoms with van der Waals surface area (Å²) in [5.41, 5.74) is 8.99. The van der Waals surface area contributed by atoms with E-state index in [1.54, 1.807) is 6.07 Å². The third kappa shape index (κ3) is 3.28. The van der Waals surface area contributed by atoms with Crippen molar-refractivity contribution in [1.82, 2.24) is 5.43 Å². The van der Waals surface area contributed by atoms with Crippen molar-refractivity contribution in [1.29, 1.82) is 0 Å². The van der Waals surface area contributed by atoms with Gasteiger partial charge in [-0.2, -0.15) is 0 Å². The minimum Gasteiger partial charge on any atom is -0.398 e. The molecule has 0 saturated heterocycles. The first kappa shape index (κ1) is 14.4. The molecule has 0 saturated carbocycles. The molecule has 0 aliphatic carbocycles. The van der Waals surface area contributed by atoms with Crippen LogP contribution in [0.1, 0.15) is 10.8 Å². The van der Waals surface area contributed by atoms with Crippen LogP contribution in [0.15, 0.2) is 53.4 Å². The predicted molar refractivity (Wildman–Crippen MR) is 78.2 cm³/mol. The van der Waals surface area contributed by atoms with Crippen molar-refractivity contribution in [3.05, 3.63) is 59.9 Å². The lowest BCUT2D eigenvalue weighted by molar-refractivity contribution is -0.120.